The summed E-state index contributed by atoms with van der Waals surface area (Å²) < 4.78 is 37.2. The number of alkyl halides is 2. The van der Waals surface area contributed by atoms with Crippen molar-refractivity contribution in [2.45, 2.75) is 71.6 Å². The summed E-state index contributed by atoms with van der Waals surface area (Å²) in [6, 6.07) is -1.36. The number of aliphatic hydroxyl groups is 1. The van der Waals surface area contributed by atoms with E-state index in [2.05, 4.69) is 10.1 Å². The lowest BCUT2D eigenvalue weighted by atomic mass is 9.95. The monoisotopic (exact) mass is 339 g/mol. The smallest absolute Gasteiger partial charge is 0.407 e. The van der Waals surface area contributed by atoms with E-state index >= 15 is 0 Å². The van der Waals surface area contributed by atoms with Gasteiger partial charge in [0.25, 0.3) is 0 Å². The Labute approximate surface area is 135 Å². The average Bonchev–Trinajstić information content (AvgIpc) is 2.34. The van der Waals surface area contributed by atoms with Gasteiger partial charge >= 0.3 is 18.0 Å². The number of ether oxygens (including phenoxy) is 2. The predicted molar refractivity (Wildman–Crippen MR) is 80.2 cm³/mol. The number of carbonyl (C=O) groups excluding carboxylic acids is 2. The fourth-order valence-corrected chi connectivity index (χ4v) is 1.83. The van der Waals surface area contributed by atoms with E-state index in [9.17, 15) is 23.5 Å². The van der Waals surface area contributed by atoms with Crippen molar-refractivity contribution in [2.75, 3.05) is 6.61 Å². The van der Waals surface area contributed by atoms with Crippen LogP contribution in [0.5, 0.6) is 0 Å². The topological polar surface area (TPSA) is 84.9 Å². The Balaban J connectivity index is 5.15. The first-order valence-corrected chi connectivity index (χ1v) is 7.53. The van der Waals surface area contributed by atoms with E-state index in [4.69, 9.17) is 4.74 Å². The van der Waals surface area contributed by atoms with Crippen LogP contribution >= 0.6 is 0 Å². The van der Waals surface area contributed by atoms with E-state index in [0.29, 0.717) is 0 Å². The Kier molecular flexibility index (Phi) is 7.90. The van der Waals surface area contributed by atoms with Crippen molar-refractivity contribution < 1.29 is 33.0 Å². The van der Waals surface area contributed by atoms with Gasteiger partial charge in [-0.1, -0.05) is 13.8 Å². The SMILES string of the molecule is CCOC(=O)C(F)(F)[C@H](O)C(CC(C)C)NC(=O)OC(C)(C)C. The first kappa shape index (κ1) is 21.6. The third kappa shape index (κ3) is 7.58. The zero-order valence-corrected chi connectivity index (χ0v) is 14.5. The third-order valence-electron chi connectivity index (χ3n) is 2.73. The van der Waals surface area contributed by atoms with Crippen LogP contribution in [0.1, 0.15) is 48.0 Å². The molecule has 0 fully saturated rings. The Morgan fingerprint density at radius 2 is 1.74 bits per heavy atom. The van der Waals surface area contributed by atoms with Crippen molar-refractivity contribution in [1.29, 1.82) is 0 Å². The molecule has 0 aliphatic heterocycles. The van der Waals surface area contributed by atoms with Crippen molar-refractivity contribution in [3.63, 3.8) is 0 Å². The number of esters is 1. The molecule has 0 bridgehead atoms. The van der Waals surface area contributed by atoms with E-state index in [0.717, 1.165) is 0 Å². The average molecular weight is 339 g/mol. The second-order valence-corrected chi connectivity index (χ2v) is 6.67. The Morgan fingerprint density at radius 1 is 1.22 bits per heavy atom. The van der Waals surface area contributed by atoms with Gasteiger partial charge in [-0.15, -0.1) is 0 Å². The van der Waals surface area contributed by atoms with Crippen molar-refractivity contribution in [2.24, 2.45) is 5.92 Å². The number of hydrogen-bond acceptors (Lipinski definition) is 5. The second-order valence-electron chi connectivity index (χ2n) is 6.67. The Bertz CT molecular complexity index is 407. The number of carbonyl (C=O) groups is 2. The van der Waals surface area contributed by atoms with Crippen molar-refractivity contribution in [1.82, 2.24) is 5.32 Å². The second kappa shape index (κ2) is 8.42. The quantitative estimate of drug-likeness (QED) is 0.696. The van der Waals surface area contributed by atoms with Gasteiger partial charge in [-0.2, -0.15) is 8.78 Å². The molecule has 136 valence electrons. The lowest BCUT2D eigenvalue weighted by molar-refractivity contribution is -0.191. The van der Waals surface area contributed by atoms with E-state index in [-0.39, 0.29) is 18.9 Å². The number of halogens is 2. The van der Waals surface area contributed by atoms with Gasteiger partial charge < -0.3 is 19.9 Å². The summed E-state index contributed by atoms with van der Waals surface area (Å²) in [4.78, 5) is 23.1. The van der Waals surface area contributed by atoms with Crippen molar-refractivity contribution in [3.8, 4) is 0 Å². The highest BCUT2D eigenvalue weighted by atomic mass is 19.3. The molecule has 0 aromatic carbocycles. The molecule has 0 radical (unpaired) electrons. The van der Waals surface area contributed by atoms with Gasteiger partial charge in [-0.25, -0.2) is 9.59 Å². The van der Waals surface area contributed by atoms with E-state index in [1.54, 1.807) is 34.6 Å². The molecule has 23 heavy (non-hydrogen) atoms. The summed E-state index contributed by atoms with van der Waals surface area (Å²) in [6.07, 6.45) is -3.33. The highest BCUT2D eigenvalue weighted by Crippen LogP contribution is 2.26. The molecule has 0 aliphatic carbocycles. The number of nitrogens with one attached hydrogen (secondary N) is 1. The molecular formula is C15H27F2NO5. The maximum Gasteiger partial charge on any atom is 0.407 e. The third-order valence-corrected chi connectivity index (χ3v) is 2.73. The molecule has 0 rings (SSSR count). The summed E-state index contributed by atoms with van der Waals surface area (Å²) >= 11 is 0. The van der Waals surface area contributed by atoms with Gasteiger partial charge in [0.1, 0.15) is 11.7 Å². The van der Waals surface area contributed by atoms with E-state index in [1.807, 2.05) is 0 Å². The fourth-order valence-electron chi connectivity index (χ4n) is 1.83. The summed E-state index contributed by atoms with van der Waals surface area (Å²) in [5, 5.41) is 12.1. The maximum absolute atomic E-state index is 14.0. The molecule has 1 unspecified atom stereocenters. The number of aliphatic hydroxyl groups excluding tert-OH is 1. The number of alkyl carbamates (subject to hydrolysis) is 1. The molecule has 1 amide bonds. The molecule has 6 nitrogen and oxygen atoms in total. The van der Waals surface area contributed by atoms with Gasteiger partial charge in [0.05, 0.1) is 12.6 Å². The zero-order valence-electron chi connectivity index (χ0n) is 14.5. The normalized spacial score (nSPS) is 15.0. The largest absolute Gasteiger partial charge is 0.461 e. The molecule has 8 heteroatoms. The van der Waals surface area contributed by atoms with Crippen LogP contribution in [0.15, 0.2) is 0 Å². The molecule has 0 saturated heterocycles. The highest BCUT2D eigenvalue weighted by molar-refractivity contribution is 5.78. The first-order chi connectivity index (χ1) is 10.3. The van der Waals surface area contributed by atoms with Crippen LogP contribution in [0, 0.1) is 5.92 Å². The van der Waals surface area contributed by atoms with Crippen LogP contribution in [0.4, 0.5) is 13.6 Å². The molecule has 0 aromatic rings. The minimum Gasteiger partial charge on any atom is -0.461 e. The van der Waals surface area contributed by atoms with Crippen LogP contribution in [0.25, 0.3) is 0 Å². The molecular weight excluding hydrogens is 312 g/mol. The zero-order chi connectivity index (χ0) is 18.4. The van der Waals surface area contributed by atoms with Crippen LogP contribution in [0.2, 0.25) is 0 Å². The summed E-state index contributed by atoms with van der Waals surface area (Å²) in [5.41, 5.74) is -0.818. The molecule has 0 spiro atoms. The predicted octanol–water partition coefficient (Wildman–Crippen LogP) is 2.49. The maximum atomic E-state index is 14.0. The first-order valence-electron chi connectivity index (χ1n) is 7.53. The molecule has 0 aliphatic rings. The molecule has 0 heterocycles. The molecule has 0 saturated carbocycles. The van der Waals surface area contributed by atoms with Crippen LogP contribution in [0.3, 0.4) is 0 Å². The molecule has 2 N–H and O–H groups in total. The Morgan fingerprint density at radius 3 is 2.13 bits per heavy atom. The molecule has 2 atom stereocenters. The summed E-state index contributed by atoms with van der Waals surface area (Å²) in [7, 11) is 0. The standard InChI is InChI=1S/C15H27F2NO5/c1-7-22-12(20)15(16,17)11(19)10(8-9(2)3)18-13(21)23-14(4,5)6/h9-11,19H,7-8H2,1-6H3,(H,18,21)/t10?,11-/m1/s1. The van der Waals surface area contributed by atoms with Crippen LogP contribution < -0.4 is 5.32 Å². The highest BCUT2D eigenvalue weighted by Gasteiger charge is 2.52. The van der Waals surface area contributed by atoms with E-state index < -0.39 is 35.7 Å². The minimum absolute atomic E-state index is 0.0371. The van der Waals surface area contributed by atoms with E-state index in [1.165, 1.54) is 6.92 Å². The number of rotatable bonds is 7. The van der Waals surface area contributed by atoms with Gasteiger partial charge in [-0.05, 0) is 40.0 Å². The lowest BCUT2D eigenvalue weighted by Gasteiger charge is -2.30. The fraction of sp³-hybridized carbons (Fsp3) is 0.867. The summed E-state index contributed by atoms with van der Waals surface area (Å²) in [6.45, 7) is 9.47. The van der Waals surface area contributed by atoms with Crippen LogP contribution in [-0.2, 0) is 14.3 Å². The summed E-state index contributed by atoms with van der Waals surface area (Å²) in [5.74, 6) is -6.07. The van der Waals surface area contributed by atoms with Gasteiger partial charge in [0, 0.05) is 0 Å². The van der Waals surface area contributed by atoms with Crippen LogP contribution in [-0.4, -0.2) is 47.4 Å². The van der Waals surface area contributed by atoms with Gasteiger partial charge in [-0.3, -0.25) is 0 Å². The van der Waals surface area contributed by atoms with Crippen molar-refractivity contribution >= 4 is 12.1 Å². The lowest BCUT2D eigenvalue weighted by Crippen LogP contribution is -2.56. The number of hydrogen-bond donors (Lipinski definition) is 2. The Hall–Kier alpha value is -1.44. The molecule has 0 aromatic heterocycles. The van der Waals surface area contributed by atoms with Gasteiger partial charge in [0.2, 0.25) is 0 Å². The number of amides is 1. The van der Waals surface area contributed by atoms with Crippen molar-refractivity contribution in [3.05, 3.63) is 0 Å². The minimum atomic E-state index is -4.13. The van der Waals surface area contributed by atoms with Gasteiger partial charge in [0.15, 0.2) is 0 Å².